The lowest BCUT2D eigenvalue weighted by Crippen LogP contribution is -2.30. The van der Waals surface area contributed by atoms with Crippen molar-refractivity contribution >= 4 is 33.7 Å². The Kier molecular flexibility index (Phi) is 3.18. The predicted molar refractivity (Wildman–Crippen MR) is 89.2 cm³/mol. The summed E-state index contributed by atoms with van der Waals surface area (Å²) in [6.45, 7) is 3.86. The Labute approximate surface area is 133 Å². The highest BCUT2D eigenvalue weighted by Crippen LogP contribution is 2.33. The van der Waals surface area contributed by atoms with E-state index in [1.807, 2.05) is 6.92 Å². The minimum Gasteiger partial charge on any atom is -0.478 e. The maximum absolute atomic E-state index is 11.3. The third-order valence-corrected chi connectivity index (χ3v) is 4.45. The molecular formula is C17H18N4O2. The third-order valence-electron chi connectivity index (χ3n) is 4.45. The largest absolute Gasteiger partial charge is 0.478 e. The van der Waals surface area contributed by atoms with E-state index in [0.717, 1.165) is 59.5 Å². The molecule has 1 fully saturated rings. The molecule has 0 atom stereocenters. The molecule has 2 aromatic heterocycles. The molecule has 4 rings (SSSR count). The van der Waals surface area contributed by atoms with E-state index in [1.165, 1.54) is 6.42 Å². The first-order valence-electron chi connectivity index (χ1n) is 7.92. The molecule has 1 aliphatic rings. The smallest absolute Gasteiger partial charge is 0.335 e. The summed E-state index contributed by atoms with van der Waals surface area (Å²) in [5, 5.41) is 11.1. The minimum absolute atomic E-state index is 0.281. The fourth-order valence-corrected chi connectivity index (χ4v) is 3.35. The maximum atomic E-state index is 11.3. The summed E-state index contributed by atoms with van der Waals surface area (Å²) in [5.74, 6) is 0.720. The Balaban J connectivity index is 2.01. The highest BCUT2D eigenvalue weighted by Gasteiger charge is 2.20. The van der Waals surface area contributed by atoms with E-state index in [9.17, 15) is 9.90 Å². The van der Waals surface area contributed by atoms with Gasteiger partial charge < -0.3 is 15.0 Å². The van der Waals surface area contributed by atoms with Gasteiger partial charge >= 0.3 is 5.97 Å². The van der Waals surface area contributed by atoms with Gasteiger partial charge in [0.15, 0.2) is 0 Å². The zero-order chi connectivity index (χ0) is 16.0. The van der Waals surface area contributed by atoms with Gasteiger partial charge in [0, 0.05) is 24.0 Å². The van der Waals surface area contributed by atoms with Crippen molar-refractivity contribution in [3.8, 4) is 0 Å². The van der Waals surface area contributed by atoms with E-state index in [0.29, 0.717) is 0 Å². The van der Waals surface area contributed by atoms with Gasteiger partial charge in [-0.1, -0.05) is 0 Å². The zero-order valence-electron chi connectivity index (χ0n) is 13.0. The van der Waals surface area contributed by atoms with Crippen LogP contribution in [0.3, 0.4) is 0 Å². The van der Waals surface area contributed by atoms with E-state index in [-0.39, 0.29) is 5.56 Å². The molecule has 23 heavy (non-hydrogen) atoms. The number of carboxylic acid groups (broad SMARTS) is 1. The van der Waals surface area contributed by atoms with Crippen molar-refractivity contribution in [2.45, 2.75) is 26.2 Å². The van der Waals surface area contributed by atoms with Crippen LogP contribution in [-0.2, 0) is 0 Å². The third kappa shape index (κ3) is 2.30. The lowest BCUT2D eigenvalue weighted by molar-refractivity contribution is 0.0697. The molecule has 1 aromatic carbocycles. The summed E-state index contributed by atoms with van der Waals surface area (Å²) in [7, 11) is 0. The number of aromatic amines is 1. The number of hydrogen-bond donors (Lipinski definition) is 2. The molecule has 1 saturated heterocycles. The second kappa shape index (κ2) is 5.22. The number of nitrogens with zero attached hydrogens (tertiary/aromatic N) is 3. The van der Waals surface area contributed by atoms with Gasteiger partial charge in [0.25, 0.3) is 0 Å². The monoisotopic (exact) mass is 310 g/mol. The number of nitrogens with one attached hydrogen (secondary N) is 1. The van der Waals surface area contributed by atoms with Crippen LogP contribution in [0, 0.1) is 6.92 Å². The van der Waals surface area contributed by atoms with Crippen LogP contribution in [-0.4, -0.2) is 39.1 Å². The summed E-state index contributed by atoms with van der Waals surface area (Å²) in [5.41, 5.74) is 1.95. The molecule has 3 heterocycles. The first-order chi connectivity index (χ1) is 11.1. The molecule has 0 saturated carbocycles. The van der Waals surface area contributed by atoms with Crippen molar-refractivity contribution in [1.29, 1.82) is 0 Å². The average Bonchev–Trinajstić information content (AvgIpc) is 2.91. The zero-order valence-corrected chi connectivity index (χ0v) is 13.0. The Morgan fingerprint density at radius 2 is 2.00 bits per heavy atom. The Morgan fingerprint density at radius 3 is 2.74 bits per heavy atom. The second-order valence-electron chi connectivity index (χ2n) is 6.06. The Hall–Kier alpha value is -2.63. The van der Waals surface area contributed by atoms with Crippen molar-refractivity contribution in [3.63, 3.8) is 0 Å². The van der Waals surface area contributed by atoms with Crippen LogP contribution in [0.1, 0.15) is 35.4 Å². The van der Waals surface area contributed by atoms with Crippen molar-refractivity contribution in [3.05, 3.63) is 29.6 Å². The Bertz CT molecular complexity index is 910. The fourth-order valence-electron chi connectivity index (χ4n) is 3.35. The number of aromatic carboxylic acids is 1. The summed E-state index contributed by atoms with van der Waals surface area (Å²) in [4.78, 5) is 26.0. The normalized spacial score (nSPS) is 15.4. The number of fused-ring (bicyclic) bond motifs is 3. The number of carboxylic acids is 1. The second-order valence-corrected chi connectivity index (χ2v) is 6.06. The number of aromatic nitrogens is 3. The standard InChI is InChI=1S/C17H18N4O2/c1-10-18-15-14(16(19-10)21-7-3-2-4-8-21)12-9-11(17(22)23)5-6-13(12)20-15/h5-6,9H,2-4,7-8H2,1H3,(H,22,23)(H,18,19,20). The minimum atomic E-state index is -0.922. The number of anilines is 1. The number of aryl methyl sites for hydroxylation is 1. The number of rotatable bonds is 2. The number of piperidine rings is 1. The molecule has 2 N–H and O–H groups in total. The van der Waals surface area contributed by atoms with Crippen molar-refractivity contribution in [2.24, 2.45) is 0 Å². The van der Waals surface area contributed by atoms with Crippen LogP contribution in [0.4, 0.5) is 5.82 Å². The average molecular weight is 310 g/mol. The van der Waals surface area contributed by atoms with Gasteiger partial charge in [0.2, 0.25) is 0 Å². The number of benzene rings is 1. The molecule has 3 aromatic rings. The van der Waals surface area contributed by atoms with E-state index in [1.54, 1.807) is 18.2 Å². The van der Waals surface area contributed by atoms with E-state index in [4.69, 9.17) is 0 Å². The summed E-state index contributed by atoms with van der Waals surface area (Å²) in [6, 6.07) is 5.12. The van der Waals surface area contributed by atoms with E-state index < -0.39 is 5.97 Å². The van der Waals surface area contributed by atoms with Crippen LogP contribution in [0.5, 0.6) is 0 Å². The predicted octanol–water partition coefficient (Wildman–Crippen LogP) is 3.11. The number of hydrogen-bond acceptors (Lipinski definition) is 4. The number of H-pyrrole nitrogens is 1. The summed E-state index contributed by atoms with van der Waals surface area (Å²) >= 11 is 0. The van der Waals surface area contributed by atoms with Crippen LogP contribution in [0.25, 0.3) is 21.9 Å². The van der Waals surface area contributed by atoms with Gasteiger partial charge in [-0.2, -0.15) is 0 Å². The van der Waals surface area contributed by atoms with Crippen LogP contribution in [0.15, 0.2) is 18.2 Å². The molecule has 0 radical (unpaired) electrons. The van der Waals surface area contributed by atoms with Gasteiger partial charge in [0.1, 0.15) is 17.3 Å². The van der Waals surface area contributed by atoms with E-state index in [2.05, 4.69) is 19.9 Å². The lowest BCUT2D eigenvalue weighted by atomic mass is 10.1. The van der Waals surface area contributed by atoms with Crippen LogP contribution >= 0.6 is 0 Å². The summed E-state index contributed by atoms with van der Waals surface area (Å²) in [6.07, 6.45) is 3.57. The summed E-state index contributed by atoms with van der Waals surface area (Å²) < 4.78 is 0. The first kappa shape index (κ1) is 14.0. The highest BCUT2D eigenvalue weighted by atomic mass is 16.4. The number of carbonyl (C=O) groups is 1. The fraction of sp³-hybridized carbons (Fsp3) is 0.353. The van der Waals surface area contributed by atoms with Gasteiger partial charge in [-0.25, -0.2) is 14.8 Å². The molecule has 0 aliphatic carbocycles. The van der Waals surface area contributed by atoms with Gasteiger partial charge in [-0.15, -0.1) is 0 Å². The van der Waals surface area contributed by atoms with Gasteiger partial charge in [-0.05, 0) is 44.4 Å². The molecule has 118 valence electrons. The van der Waals surface area contributed by atoms with Crippen LogP contribution in [0.2, 0.25) is 0 Å². The molecule has 0 spiro atoms. The van der Waals surface area contributed by atoms with Crippen LogP contribution < -0.4 is 4.90 Å². The molecular weight excluding hydrogens is 292 g/mol. The van der Waals surface area contributed by atoms with Crippen molar-refractivity contribution in [1.82, 2.24) is 15.0 Å². The topological polar surface area (TPSA) is 82.1 Å². The first-order valence-corrected chi connectivity index (χ1v) is 7.92. The van der Waals surface area contributed by atoms with Gasteiger partial charge in [0.05, 0.1) is 10.9 Å². The molecule has 0 amide bonds. The maximum Gasteiger partial charge on any atom is 0.335 e. The Morgan fingerprint density at radius 1 is 1.22 bits per heavy atom. The highest BCUT2D eigenvalue weighted by molar-refractivity contribution is 6.12. The molecule has 0 unspecified atom stereocenters. The van der Waals surface area contributed by atoms with E-state index >= 15 is 0 Å². The quantitative estimate of drug-likeness (QED) is 0.760. The lowest BCUT2D eigenvalue weighted by Gasteiger charge is -2.28. The molecule has 6 heteroatoms. The SMILES string of the molecule is Cc1nc(N2CCCCC2)c2c(n1)[nH]c1ccc(C(=O)O)cc12. The van der Waals surface area contributed by atoms with Gasteiger partial charge in [-0.3, -0.25) is 0 Å². The van der Waals surface area contributed by atoms with Crippen molar-refractivity contribution < 1.29 is 9.90 Å². The molecule has 1 aliphatic heterocycles. The molecule has 6 nitrogen and oxygen atoms in total. The van der Waals surface area contributed by atoms with Crippen molar-refractivity contribution in [2.75, 3.05) is 18.0 Å². The molecule has 0 bridgehead atoms.